The van der Waals surface area contributed by atoms with Crippen molar-refractivity contribution in [1.82, 2.24) is 4.90 Å². The number of rotatable bonds is 2. The number of nitrogens with zero attached hydrogens (tertiary/aromatic N) is 1. The molecule has 0 spiro atoms. The Hall–Kier alpha value is -1.16. The van der Waals surface area contributed by atoms with E-state index in [1.165, 1.54) is 6.07 Å². The predicted molar refractivity (Wildman–Crippen MR) is 71.3 cm³/mol. The van der Waals surface area contributed by atoms with Crippen molar-refractivity contribution in [1.29, 1.82) is 0 Å². The van der Waals surface area contributed by atoms with E-state index in [2.05, 4.69) is 25.7 Å². The molecule has 0 aliphatic carbocycles. The number of piperidine rings is 1. The summed E-state index contributed by atoms with van der Waals surface area (Å²) in [5.74, 6) is -1.28. The van der Waals surface area contributed by atoms with Crippen LogP contribution in [0.25, 0.3) is 0 Å². The van der Waals surface area contributed by atoms with E-state index in [0.29, 0.717) is 5.75 Å². The number of halogens is 2. The standard InChI is InChI=1S/C15H21F2NO/c1-15(2,3)18-8-6-11(7-9-18)19-12-4-5-13(16)14(17)10-12/h4-5,10-11H,6-9H2,1-3H3. The zero-order chi connectivity index (χ0) is 14.0. The lowest BCUT2D eigenvalue weighted by Gasteiger charge is -2.40. The van der Waals surface area contributed by atoms with E-state index >= 15 is 0 Å². The molecule has 2 rings (SSSR count). The molecule has 1 saturated heterocycles. The van der Waals surface area contributed by atoms with E-state index in [4.69, 9.17) is 4.74 Å². The molecule has 0 unspecified atom stereocenters. The van der Waals surface area contributed by atoms with Gasteiger partial charge in [0.15, 0.2) is 11.6 Å². The largest absolute Gasteiger partial charge is 0.490 e. The molecular formula is C15H21F2NO. The summed E-state index contributed by atoms with van der Waals surface area (Å²) in [6, 6.07) is 3.70. The van der Waals surface area contributed by atoms with Crippen LogP contribution in [0.3, 0.4) is 0 Å². The SMILES string of the molecule is CC(C)(C)N1CCC(Oc2ccc(F)c(F)c2)CC1. The first-order valence-corrected chi connectivity index (χ1v) is 6.73. The summed E-state index contributed by atoms with van der Waals surface area (Å²) in [7, 11) is 0. The summed E-state index contributed by atoms with van der Waals surface area (Å²) in [5.41, 5.74) is 0.174. The number of hydrogen-bond donors (Lipinski definition) is 0. The highest BCUT2D eigenvalue weighted by Gasteiger charge is 2.27. The first kappa shape index (κ1) is 14.3. The van der Waals surface area contributed by atoms with Crippen LogP contribution in [0.5, 0.6) is 5.75 Å². The van der Waals surface area contributed by atoms with Gasteiger partial charge >= 0.3 is 0 Å². The normalized spacial score (nSPS) is 18.6. The summed E-state index contributed by atoms with van der Waals surface area (Å²) >= 11 is 0. The van der Waals surface area contributed by atoms with Gasteiger partial charge in [-0.3, -0.25) is 4.90 Å². The first-order valence-electron chi connectivity index (χ1n) is 6.73. The maximum absolute atomic E-state index is 13.1. The lowest BCUT2D eigenvalue weighted by atomic mass is 9.99. The Bertz CT molecular complexity index is 434. The minimum absolute atomic E-state index is 0.0865. The van der Waals surface area contributed by atoms with Crippen LogP contribution in [0.1, 0.15) is 33.6 Å². The average Bonchev–Trinajstić information content (AvgIpc) is 2.33. The molecule has 0 bridgehead atoms. The average molecular weight is 269 g/mol. The zero-order valence-electron chi connectivity index (χ0n) is 11.7. The maximum atomic E-state index is 13.1. The fraction of sp³-hybridized carbons (Fsp3) is 0.600. The molecule has 0 N–H and O–H groups in total. The number of benzene rings is 1. The van der Waals surface area contributed by atoms with E-state index in [-0.39, 0.29) is 11.6 Å². The summed E-state index contributed by atoms with van der Waals surface area (Å²) in [6.07, 6.45) is 1.91. The minimum atomic E-state index is -0.857. The van der Waals surface area contributed by atoms with Gasteiger partial charge in [0.1, 0.15) is 11.9 Å². The van der Waals surface area contributed by atoms with Crippen LogP contribution in [0.15, 0.2) is 18.2 Å². The first-order chi connectivity index (χ1) is 8.86. The van der Waals surface area contributed by atoms with Crippen LogP contribution in [0, 0.1) is 11.6 Å². The molecule has 1 aliphatic heterocycles. The van der Waals surface area contributed by atoms with E-state index in [1.807, 2.05) is 0 Å². The lowest BCUT2D eigenvalue weighted by Crippen LogP contribution is -2.48. The molecule has 0 amide bonds. The van der Waals surface area contributed by atoms with Gasteiger partial charge in [-0.1, -0.05) is 0 Å². The third kappa shape index (κ3) is 3.66. The minimum Gasteiger partial charge on any atom is -0.490 e. The second-order valence-electron chi connectivity index (χ2n) is 6.05. The van der Waals surface area contributed by atoms with Gasteiger partial charge in [-0.05, 0) is 45.7 Å². The molecule has 0 aromatic heterocycles. The van der Waals surface area contributed by atoms with Gasteiger partial charge in [0.25, 0.3) is 0 Å². The third-order valence-electron chi connectivity index (χ3n) is 3.58. The summed E-state index contributed by atoms with van der Waals surface area (Å²) in [6.45, 7) is 8.53. The Morgan fingerprint density at radius 1 is 1.11 bits per heavy atom. The molecule has 1 heterocycles. The van der Waals surface area contributed by atoms with Crippen molar-refractivity contribution < 1.29 is 13.5 Å². The Morgan fingerprint density at radius 3 is 2.26 bits per heavy atom. The molecule has 4 heteroatoms. The topological polar surface area (TPSA) is 12.5 Å². The van der Waals surface area contributed by atoms with E-state index in [0.717, 1.165) is 38.1 Å². The molecule has 0 atom stereocenters. The molecule has 106 valence electrons. The van der Waals surface area contributed by atoms with Crippen LogP contribution < -0.4 is 4.74 Å². The molecule has 0 radical (unpaired) electrons. The maximum Gasteiger partial charge on any atom is 0.162 e. The van der Waals surface area contributed by atoms with E-state index in [1.54, 1.807) is 0 Å². The molecule has 1 aromatic rings. The van der Waals surface area contributed by atoms with Crippen molar-refractivity contribution >= 4 is 0 Å². The van der Waals surface area contributed by atoms with Crippen LogP contribution in [0.2, 0.25) is 0 Å². The van der Waals surface area contributed by atoms with Crippen molar-refractivity contribution in [2.45, 2.75) is 45.3 Å². The summed E-state index contributed by atoms with van der Waals surface area (Å²) < 4.78 is 31.6. The van der Waals surface area contributed by atoms with Gasteiger partial charge in [-0.15, -0.1) is 0 Å². The van der Waals surface area contributed by atoms with Crippen molar-refractivity contribution in [3.63, 3.8) is 0 Å². The number of ether oxygens (including phenoxy) is 1. The molecular weight excluding hydrogens is 248 g/mol. The second kappa shape index (κ2) is 5.45. The smallest absolute Gasteiger partial charge is 0.162 e. The van der Waals surface area contributed by atoms with Crippen LogP contribution in [-0.2, 0) is 0 Å². The third-order valence-corrected chi connectivity index (χ3v) is 3.58. The van der Waals surface area contributed by atoms with Gasteiger partial charge in [0, 0.05) is 24.7 Å². The van der Waals surface area contributed by atoms with Gasteiger partial charge in [-0.2, -0.15) is 0 Å². The van der Waals surface area contributed by atoms with E-state index < -0.39 is 11.6 Å². The molecule has 1 fully saturated rings. The monoisotopic (exact) mass is 269 g/mol. The van der Waals surface area contributed by atoms with Gasteiger partial charge in [-0.25, -0.2) is 8.78 Å². The fourth-order valence-electron chi connectivity index (χ4n) is 2.39. The fourth-order valence-corrected chi connectivity index (χ4v) is 2.39. The quantitative estimate of drug-likeness (QED) is 0.813. The van der Waals surface area contributed by atoms with Crippen LogP contribution in [-0.4, -0.2) is 29.6 Å². The highest BCUT2D eigenvalue weighted by atomic mass is 19.2. The Labute approximate surface area is 113 Å². The Morgan fingerprint density at radius 2 is 1.74 bits per heavy atom. The van der Waals surface area contributed by atoms with Crippen molar-refractivity contribution in [2.24, 2.45) is 0 Å². The molecule has 19 heavy (non-hydrogen) atoms. The van der Waals surface area contributed by atoms with Crippen molar-refractivity contribution in [3.8, 4) is 5.75 Å². The zero-order valence-corrected chi connectivity index (χ0v) is 11.7. The van der Waals surface area contributed by atoms with Gasteiger partial charge in [0.2, 0.25) is 0 Å². The highest BCUT2D eigenvalue weighted by Crippen LogP contribution is 2.24. The highest BCUT2D eigenvalue weighted by molar-refractivity contribution is 5.23. The van der Waals surface area contributed by atoms with Crippen molar-refractivity contribution in [3.05, 3.63) is 29.8 Å². The van der Waals surface area contributed by atoms with Crippen LogP contribution in [0.4, 0.5) is 8.78 Å². The lowest BCUT2D eigenvalue weighted by molar-refractivity contribution is 0.0490. The van der Waals surface area contributed by atoms with E-state index in [9.17, 15) is 8.78 Å². The predicted octanol–water partition coefficient (Wildman–Crippen LogP) is 3.61. The van der Waals surface area contributed by atoms with Gasteiger partial charge < -0.3 is 4.74 Å². The second-order valence-corrected chi connectivity index (χ2v) is 6.05. The van der Waals surface area contributed by atoms with Gasteiger partial charge in [0.05, 0.1) is 0 Å². The molecule has 1 aromatic carbocycles. The summed E-state index contributed by atoms with van der Waals surface area (Å²) in [5, 5.41) is 0. The van der Waals surface area contributed by atoms with Crippen LogP contribution >= 0.6 is 0 Å². The molecule has 0 saturated carbocycles. The number of likely N-dealkylation sites (tertiary alicyclic amines) is 1. The molecule has 2 nitrogen and oxygen atoms in total. The Balaban J connectivity index is 1.90. The summed E-state index contributed by atoms with van der Waals surface area (Å²) in [4.78, 5) is 2.41. The Kier molecular flexibility index (Phi) is 4.09. The van der Waals surface area contributed by atoms with Crippen molar-refractivity contribution in [2.75, 3.05) is 13.1 Å². The molecule has 1 aliphatic rings. The number of hydrogen-bond acceptors (Lipinski definition) is 2.